The zero-order chi connectivity index (χ0) is 17.8. The van der Waals surface area contributed by atoms with Crippen molar-refractivity contribution in [2.75, 3.05) is 19.7 Å². The molecule has 0 saturated carbocycles. The minimum absolute atomic E-state index is 0.211. The smallest absolute Gasteiger partial charge is 0.409 e. The Morgan fingerprint density at radius 2 is 2.16 bits per heavy atom. The number of nitrogens with zero attached hydrogens (tertiary/aromatic N) is 3. The monoisotopic (exact) mass is 363 g/mol. The second kappa shape index (κ2) is 5.88. The Hall–Kier alpha value is -1.79. The first-order valence-corrected chi connectivity index (χ1v) is 9.12. The van der Waals surface area contributed by atoms with Crippen molar-refractivity contribution in [3.8, 4) is 0 Å². The standard InChI is InChI=1S/C18H22ClN3O3/c1-3-25-17(24)21-6-4-12(5-7-21)18(2)16(23)14-9-13(19)8-11-10-20-22(18)15(11)14/h8-10,12,16,23H,3-7H2,1-2H3/t16-,18?/m1/s1. The second-order valence-corrected chi connectivity index (χ2v) is 7.51. The molecule has 1 amide bonds. The molecule has 1 aromatic carbocycles. The van der Waals surface area contributed by atoms with E-state index in [0.29, 0.717) is 24.7 Å². The zero-order valence-corrected chi connectivity index (χ0v) is 15.2. The molecule has 2 aliphatic rings. The van der Waals surface area contributed by atoms with Crippen LogP contribution in [-0.4, -0.2) is 45.6 Å². The Bertz CT molecular complexity index is 828. The molecular weight excluding hydrogens is 342 g/mol. The Balaban J connectivity index is 1.62. The molecule has 2 aliphatic heterocycles. The molecule has 3 heterocycles. The number of hydrogen-bond donors (Lipinski definition) is 1. The normalized spacial score (nSPS) is 26.4. The van der Waals surface area contributed by atoms with Crippen LogP contribution in [0.3, 0.4) is 0 Å². The summed E-state index contributed by atoms with van der Waals surface area (Å²) in [6.45, 7) is 5.52. The summed E-state index contributed by atoms with van der Waals surface area (Å²) >= 11 is 6.20. The molecule has 134 valence electrons. The Morgan fingerprint density at radius 1 is 1.44 bits per heavy atom. The third kappa shape index (κ3) is 2.34. The van der Waals surface area contributed by atoms with E-state index in [-0.39, 0.29) is 12.0 Å². The van der Waals surface area contributed by atoms with Gasteiger partial charge in [-0.25, -0.2) is 4.79 Å². The molecule has 1 saturated heterocycles. The zero-order valence-electron chi connectivity index (χ0n) is 14.4. The van der Waals surface area contributed by atoms with E-state index in [0.717, 1.165) is 29.3 Å². The van der Waals surface area contributed by atoms with Crippen LogP contribution in [-0.2, 0) is 10.3 Å². The minimum Gasteiger partial charge on any atom is -0.450 e. The minimum atomic E-state index is -0.656. The largest absolute Gasteiger partial charge is 0.450 e. The molecule has 6 nitrogen and oxygen atoms in total. The number of carbonyl (C=O) groups excluding carboxylic acids is 1. The lowest BCUT2D eigenvalue weighted by molar-refractivity contribution is -0.0154. The van der Waals surface area contributed by atoms with Gasteiger partial charge in [0, 0.05) is 29.1 Å². The lowest BCUT2D eigenvalue weighted by atomic mass is 9.75. The Kier molecular flexibility index (Phi) is 3.92. The highest BCUT2D eigenvalue weighted by Crippen LogP contribution is 2.51. The summed E-state index contributed by atoms with van der Waals surface area (Å²) in [6, 6.07) is 3.72. The number of aliphatic hydroxyl groups excluding tert-OH is 1. The van der Waals surface area contributed by atoms with Gasteiger partial charge < -0.3 is 14.7 Å². The van der Waals surface area contributed by atoms with Gasteiger partial charge in [-0.3, -0.25) is 4.68 Å². The van der Waals surface area contributed by atoms with E-state index in [1.54, 1.807) is 4.90 Å². The topological polar surface area (TPSA) is 67.6 Å². The number of aromatic nitrogens is 2. The number of hydrogen-bond acceptors (Lipinski definition) is 4. The van der Waals surface area contributed by atoms with Crippen molar-refractivity contribution in [2.24, 2.45) is 5.92 Å². The third-order valence-corrected chi connectivity index (χ3v) is 6.03. The third-order valence-electron chi connectivity index (χ3n) is 5.81. The van der Waals surface area contributed by atoms with E-state index in [1.807, 2.05) is 29.9 Å². The molecule has 0 bridgehead atoms. The van der Waals surface area contributed by atoms with Crippen LogP contribution >= 0.6 is 11.6 Å². The van der Waals surface area contributed by atoms with Crippen molar-refractivity contribution in [3.63, 3.8) is 0 Å². The van der Waals surface area contributed by atoms with Crippen LogP contribution in [0.25, 0.3) is 10.9 Å². The number of carbonyl (C=O) groups is 1. The highest BCUT2D eigenvalue weighted by molar-refractivity contribution is 6.31. The fourth-order valence-corrected chi connectivity index (χ4v) is 4.66. The average molecular weight is 364 g/mol. The van der Waals surface area contributed by atoms with Crippen LogP contribution in [0, 0.1) is 5.92 Å². The van der Waals surface area contributed by atoms with Gasteiger partial charge in [0.15, 0.2) is 0 Å². The van der Waals surface area contributed by atoms with Crippen LogP contribution < -0.4 is 0 Å². The molecule has 7 heteroatoms. The van der Waals surface area contributed by atoms with Gasteiger partial charge in [0.1, 0.15) is 6.10 Å². The van der Waals surface area contributed by atoms with Crippen LogP contribution in [0.1, 0.15) is 38.4 Å². The fraction of sp³-hybridized carbons (Fsp3) is 0.556. The number of halogens is 1. The first kappa shape index (κ1) is 16.7. The summed E-state index contributed by atoms with van der Waals surface area (Å²) in [5.41, 5.74) is 1.28. The lowest BCUT2D eigenvalue weighted by Gasteiger charge is -2.42. The summed E-state index contributed by atoms with van der Waals surface area (Å²) in [6.07, 6.45) is 2.50. The lowest BCUT2D eigenvalue weighted by Crippen LogP contribution is -2.48. The van der Waals surface area contributed by atoms with E-state index in [2.05, 4.69) is 12.0 Å². The summed E-state index contributed by atoms with van der Waals surface area (Å²) < 4.78 is 7.05. The first-order valence-electron chi connectivity index (χ1n) is 8.74. The van der Waals surface area contributed by atoms with Crippen molar-refractivity contribution in [1.82, 2.24) is 14.7 Å². The van der Waals surface area contributed by atoms with E-state index in [4.69, 9.17) is 16.3 Å². The Morgan fingerprint density at radius 3 is 2.84 bits per heavy atom. The van der Waals surface area contributed by atoms with Crippen LogP contribution in [0.2, 0.25) is 5.02 Å². The average Bonchev–Trinajstić information content (AvgIpc) is 3.12. The molecule has 1 unspecified atom stereocenters. The molecule has 1 fully saturated rings. The molecule has 1 aromatic heterocycles. The fourth-order valence-electron chi connectivity index (χ4n) is 4.42. The maximum absolute atomic E-state index is 11.9. The van der Waals surface area contributed by atoms with Crippen LogP contribution in [0.4, 0.5) is 4.79 Å². The number of ether oxygens (including phenoxy) is 1. The van der Waals surface area contributed by atoms with Gasteiger partial charge in [-0.1, -0.05) is 11.6 Å². The van der Waals surface area contributed by atoms with Crippen molar-refractivity contribution in [3.05, 3.63) is 28.9 Å². The van der Waals surface area contributed by atoms with Crippen molar-refractivity contribution in [2.45, 2.75) is 38.3 Å². The van der Waals surface area contributed by atoms with E-state index in [1.165, 1.54) is 0 Å². The maximum atomic E-state index is 11.9. The molecule has 2 aromatic rings. The van der Waals surface area contributed by atoms with Gasteiger partial charge >= 0.3 is 6.09 Å². The number of aliphatic hydroxyl groups is 1. The summed E-state index contributed by atoms with van der Waals surface area (Å²) in [7, 11) is 0. The number of likely N-dealkylation sites (tertiary alicyclic amines) is 1. The second-order valence-electron chi connectivity index (χ2n) is 7.08. The predicted octanol–water partition coefficient (Wildman–Crippen LogP) is 3.32. The SMILES string of the molecule is CCOC(=O)N1CCC(C2(C)[C@H](O)c3cc(Cl)cc4cnn2c34)CC1. The number of benzene rings is 1. The number of rotatable bonds is 2. The van der Waals surface area contributed by atoms with E-state index in [9.17, 15) is 9.90 Å². The molecule has 25 heavy (non-hydrogen) atoms. The van der Waals surface area contributed by atoms with Crippen LogP contribution in [0.5, 0.6) is 0 Å². The first-order chi connectivity index (χ1) is 12.0. The summed E-state index contributed by atoms with van der Waals surface area (Å²) in [4.78, 5) is 13.7. The highest BCUT2D eigenvalue weighted by Gasteiger charge is 2.50. The molecule has 2 atom stereocenters. The van der Waals surface area contributed by atoms with Gasteiger partial charge in [-0.2, -0.15) is 5.10 Å². The van der Waals surface area contributed by atoms with Crippen molar-refractivity contribution >= 4 is 28.6 Å². The quantitative estimate of drug-likeness (QED) is 0.888. The number of amides is 1. The van der Waals surface area contributed by atoms with E-state index < -0.39 is 11.6 Å². The highest BCUT2D eigenvalue weighted by atomic mass is 35.5. The van der Waals surface area contributed by atoms with Gasteiger partial charge in [-0.15, -0.1) is 0 Å². The maximum Gasteiger partial charge on any atom is 0.409 e. The molecule has 1 N–H and O–H groups in total. The molecule has 0 spiro atoms. The van der Waals surface area contributed by atoms with Gasteiger partial charge in [0.05, 0.1) is 23.9 Å². The summed E-state index contributed by atoms with van der Waals surface area (Å²) in [5, 5.41) is 17.2. The molecule has 4 rings (SSSR count). The van der Waals surface area contributed by atoms with Crippen molar-refractivity contribution < 1.29 is 14.6 Å². The van der Waals surface area contributed by atoms with Gasteiger partial charge in [-0.05, 0) is 44.7 Å². The van der Waals surface area contributed by atoms with Gasteiger partial charge in [0.2, 0.25) is 0 Å². The Labute approximate surface area is 151 Å². The molecule has 0 radical (unpaired) electrons. The predicted molar refractivity (Wildman–Crippen MR) is 94.7 cm³/mol. The number of piperidine rings is 1. The molecular formula is C18H22ClN3O3. The van der Waals surface area contributed by atoms with E-state index >= 15 is 0 Å². The van der Waals surface area contributed by atoms with Crippen LogP contribution in [0.15, 0.2) is 18.3 Å². The summed E-state index contributed by atoms with van der Waals surface area (Å²) in [5.74, 6) is 0.211. The van der Waals surface area contributed by atoms with Crippen molar-refractivity contribution in [1.29, 1.82) is 0 Å². The molecule has 0 aliphatic carbocycles. The van der Waals surface area contributed by atoms with Gasteiger partial charge in [0.25, 0.3) is 0 Å².